The lowest BCUT2D eigenvalue weighted by Gasteiger charge is -2.05. The number of benzene rings is 1. The SMILES string of the molecule is CCCCCCCC(=O)Cc1cc(C(=O)O)ccc1O. The van der Waals surface area contributed by atoms with Crippen molar-refractivity contribution in [2.75, 3.05) is 0 Å². The number of Topliss-reactive ketones (excluding diaryl/α,β-unsaturated/α-hetero) is 1. The molecule has 0 spiro atoms. The topological polar surface area (TPSA) is 74.6 Å². The van der Waals surface area contributed by atoms with Gasteiger partial charge in [0.05, 0.1) is 5.56 Å². The molecule has 4 nitrogen and oxygen atoms in total. The van der Waals surface area contributed by atoms with Crippen LogP contribution in [0.3, 0.4) is 0 Å². The van der Waals surface area contributed by atoms with E-state index in [9.17, 15) is 14.7 Å². The van der Waals surface area contributed by atoms with Crippen LogP contribution in [-0.4, -0.2) is 22.0 Å². The third kappa shape index (κ3) is 5.43. The van der Waals surface area contributed by atoms with Gasteiger partial charge in [-0.15, -0.1) is 0 Å². The van der Waals surface area contributed by atoms with Gasteiger partial charge in [0.25, 0.3) is 0 Å². The van der Waals surface area contributed by atoms with Crippen molar-refractivity contribution in [3.8, 4) is 5.75 Å². The maximum atomic E-state index is 11.8. The molecular weight excluding hydrogens is 256 g/mol. The number of hydrogen-bond donors (Lipinski definition) is 2. The van der Waals surface area contributed by atoms with Gasteiger partial charge in [-0.3, -0.25) is 4.79 Å². The molecular formula is C16H22O4. The van der Waals surface area contributed by atoms with E-state index in [1.807, 2.05) is 0 Å². The van der Waals surface area contributed by atoms with Gasteiger partial charge < -0.3 is 10.2 Å². The molecule has 0 saturated carbocycles. The minimum absolute atomic E-state index is 0.0191. The first-order valence-electron chi connectivity index (χ1n) is 7.11. The van der Waals surface area contributed by atoms with Crippen molar-refractivity contribution in [1.82, 2.24) is 0 Å². The van der Waals surface area contributed by atoms with E-state index in [2.05, 4.69) is 6.92 Å². The summed E-state index contributed by atoms with van der Waals surface area (Å²) in [6.07, 6.45) is 5.99. The molecule has 0 aliphatic rings. The van der Waals surface area contributed by atoms with Gasteiger partial charge in [-0.25, -0.2) is 4.79 Å². The van der Waals surface area contributed by atoms with Crippen LogP contribution in [0.25, 0.3) is 0 Å². The van der Waals surface area contributed by atoms with Gasteiger partial charge in [0.2, 0.25) is 0 Å². The minimum Gasteiger partial charge on any atom is -0.508 e. The van der Waals surface area contributed by atoms with Gasteiger partial charge in [-0.1, -0.05) is 32.6 Å². The van der Waals surface area contributed by atoms with Crippen molar-refractivity contribution in [3.63, 3.8) is 0 Å². The molecule has 0 atom stereocenters. The predicted octanol–water partition coefficient (Wildman–Crippen LogP) is 3.56. The molecule has 0 fully saturated rings. The molecule has 20 heavy (non-hydrogen) atoms. The molecule has 0 aromatic heterocycles. The highest BCUT2D eigenvalue weighted by molar-refractivity contribution is 5.89. The number of phenolic OH excluding ortho intramolecular Hbond substituents is 1. The average Bonchev–Trinajstić information content (AvgIpc) is 2.40. The highest BCUT2D eigenvalue weighted by Crippen LogP contribution is 2.20. The Hall–Kier alpha value is -1.84. The first-order valence-corrected chi connectivity index (χ1v) is 7.11. The fraction of sp³-hybridized carbons (Fsp3) is 0.500. The first-order chi connectivity index (χ1) is 9.54. The van der Waals surface area contributed by atoms with Crippen LogP contribution in [-0.2, 0) is 11.2 Å². The Kier molecular flexibility index (Phi) is 6.77. The Morgan fingerprint density at radius 3 is 2.45 bits per heavy atom. The monoisotopic (exact) mass is 278 g/mol. The summed E-state index contributed by atoms with van der Waals surface area (Å²) in [5, 5.41) is 18.6. The molecule has 0 unspecified atom stereocenters. The van der Waals surface area contributed by atoms with Crippen LogP contribution in [0.5, 0.6) is 5.75 Å². The number of phenols is 1. The Morgan fingerprint density at radius 2 is 1.80 bits per heavy atom. The maximum absolute atomic E-state index is 11.8. The molecule has 110 valence electrons. The minimum atomic E-state index is -1.06. The number of aromatic hydroxyl groups is 1. The van der Waals surface area contributed by atoms with Crippen LogP contribution >= 0.6 is 0 Å². The van der Waals surface area contributed by atoms with Gasteiger partial charge in [0.15, 0.2) is 0 Å². The molecule has 0 aliphatic heterocycles. The number of carbonyl (C=O) groups excluding carboxylic acids is 1. The van der Waals surface area contributed by atoms with E-state index >= 15 is 0 Å². The number of carboxylic acids is 1. The summed E-state index contributed by atoms with van der Waals surface area (Å²) >= 11 is 0. The predicted molar refractivity (Wildman–Crippen MR) is 77.2 cm³/mol. The highest BCUT2D eigenvalue weighted by Gasteiger charge is 2.11. The summed E-state index contributed by atoms with van der Waals surface area (Å²) in [7, 11) is 0. The van der Waals surface area contributed by atoms with E-state index in [4.69, 9.17) is 5.11 Å². The Bertz CT molecular complexity index is 466. The molecule has 2 N–H and O–H groups in total. The van der Waals surface area contributed by atoms with Crippen molar-refractivity contribution in [2.24, 2.45) is 0 Å². The number of rotatable bonds is 9. The van der Waals surface area contributed by atoms with Crippen LogP contribution in [0.2, 0.25) is 0 Å². The summed E-state index contributed by atoms with van der Waals surface area (Å²) in [4.78, 5) is 22.7. The summed E-state index contributed by atoms with van der Waals surface area (Å²) < 4.78 is 0. The van der Waals surface area contributed by atoms with Crippen molar-refractivity contribution in [3.05, 3.63) is 29.3 Å². The second-order valence-corrected chi connectivity index (χ2v) is 5.03. The Morgan fingerprint density at radius 1 is 1.10 bits per heavy atom. The molecule has 0 amide bonds. The van der Waals surface area contributed by atoms with E-state index in [-0.39, 0.29) is 23.5 Å². The van der Waals surface area contributed by atoms with E-state index in [0.717, 1.165) is 19.3 Å². The van der Waals surface area contributed by atoms with Crippen LogP contribution in [0.15, 0.2) is 18.2 Å². The quantitative estimate of drug-likeness (QED) is 0.677. The second kappa shape index (κ2) is 8.35. The zero-order chi connectivity index (χ0) is 15.0. The van der Waals surface area contributed by atoms with Crippen molar-refractivity contribution in [1.29, 1.82) is 0 Å². The zero-order valence-corrected chi connectivity index (χ0v) is 11.9. The lowest BCUT2D eigenvalue weighted by molar-refractivity contribution is -0.118. The number of aromatic carboxylic acids is 1. The molecule has 1 aromatic rings. The van der Waals surface area contributed by atoms with Gasteiger partial charge in [0.1, 0.15) is 11.5 Å². The normalized spacial score (nSPS) is 10.4. The van der Waals surface area contributed by atoms with Gasteiger partial charge >= 0.3 is 5.97 Å². The Balaban J connectivity index is 2.49. The largest absolute Gasteiger partial charge is 0.508 e. The second-order valence-electron chi connectivity index (χ2n) is 5.03. The summed E-state index contributed by atoms with van der Waals surface area (Å²) in [5.74, 6) is -1.04. The highest BCUT2D eigenvalue weighted by atomic mass is 16.4. The van der Waals surface area contributed by atoms with E-state index < -0.39 is 5.97 Å². The number of carboxylic acid groups (broad SMARTS) is 1. The molecule has 0 heterocycles. The number of carbonyl (C=O) groups is 2. The Labute approximate surface area is 119 Å². The molecule has 1 rings (SSSR count). The molecule has 1 aromatic carbocycles. The van der Waals surface area contributed by atoms with E-state index in [1.165, 1.54) is 31.0 Å². The van der Waals surface area contributed by atoms with Crippen LogP contribution in [0.4, 0.5) is 0 Å². The molecule has 4 heteroatoms. The molecule has 0 saturated heterocycles. The zero-order valence-electron chi connectivity index (χ0n) is 11.9. The average molecular weight is 278 g/mol. The van der Waals surface area contributed by atoms with Crippen molar-refractivity contribution >= 4 is 11.8 Å². The molecule has 0 aliphatic carbocycles. The molecule has 0 radical (unpaired) electrons. The maximum Gasteiger partial charge on any atom is 0.335 e. The van der Waals surface area contributed by atoms with Gasteiger partial charge in [-0.2, -0.15) is 0 Å². The van der Waals surface area contributed by atoms with Gasteiger partial charge in [0, 0.05) is 18.4 Å². The summed E-state index contributed by atoms with van der Waals surface area (Å²) in [5.41, 5.74) is 0.483. The third-order valence-corrected chi connectivity index (χ3v) is 3.27. The fourth-order valence-corrected chi connectivity index (χ4v) is 2.09. The lowest BCUT2D eigenvalue weighted by atomic mass is 10.0. The van der Waals surface area contributed by atoms with Crippen LogP contribution in [0.1, 0.15) is 61.4 Å². The van der Waals surface area contributed by atoms with Crippen molar-refractivity contribution in [2.45, 2.75) is 51.9 Å². The first kappa shape index (κ1) is 16.2. The summed E-state index contributed by atoms with van der Waals surface area (Å²) in [6.45, 7) is 2.14. The number of unbranched alkanes of at least 4 members (excludes halogenated alkanes) is 4. The summed E-state index contributed by atoms with van der Waals surface area (Å²) in [6, 6.07) is 4.02. The number of hydrogen-bond acceptors (Lipinski definition) is 3. The number of ketones is 1. The van der Waals surface area contributed by atoms with Crippen molar-refractivity contribution < 1.29 is 19.8 Å². The standard InChI is InChI=1S/C16H22O4/c1-2-3-4-5-6-7-14(17)11-13-10-12(16(19)20)8-9-15(13)18/h8-10,18H,2-7,11H2,1H3,(H,19,20). The van der Waals surface area contributed by atoms with Crippen LogP contribution in [0, 0.1) is 0 Å². The lowest BCUT2D eigenvalue weighted by Crippen LogP contribution is -2.05. The third-order valence-electron chi connectivity index (χ3n) is 3.27. The van der Waals surface area contributed by atoms with Crippen LogP contribution < -0.4 is 0 Å². The van der Waals surface area contributed by atoms with E-state index in [0.29, 0.717) is 12.0 Å². The van der Waals surface area contributed by atoms with E-state index in [1.54, 1.807) is 0 Å². The molecule has 0 bridgehead atoms. The smallest absolute Gasteiger partial charge is 0.335 e. The van der Waals surface area contributed by atoms with Gasteiger partial charge in [-0.05, 0) is 24.6 Å². The fourth-order valence-electron chi connectivity index (χ4n) is 2.09.